The van der Waals surface area contributed by atoms with Crippen molar-refractivity contribution in [2.45, 2.75) is 4.95 Å². The summed E-state index contributed by atoms with van der Waals surface area (Å²) in [6, 6.07) is 6.64. The van der Waals surface area contributed by atoms with Crippen LogP contribution in [0.25, 0.3) is 0 Å². The van der Waals surface area contributed by atoms with E-state index in [9.17, 15) is 4.39 Å². The molecule has 0 saturated carbocycles. The molecule has 0 aromatic heterocycles. The number of nitrogens with zero attached hydrogens (tertiary/aromatic N) is 1. The zero-order valence-electron chi connectivity index (χ0n) is 7.71. The number of benzene rings is 1. The van der Waals surface area contributed by atoms with Gasteiger partial charge in [-0.2, -0.15) is 0 Å². The van der Waals surface area contributed by atoms with E-state index in [0.29, 0.717) is 4.95 Å². The summed E-state index contributed by atoms with van der Waals surface area (Å²) in [5.41, 5.74) is 1.08. The van der Waals surface area contributed by atoms with E-state index < -0.39 is 0 Å². The number of piperazine rings is 1. The normalized spacial score (nSPS) is 22.4. The third kappa shape index (κ3) is 2.25. The molecule has 1 N–H and O–H groups in total. The van der Waals surface area contributed by atoms with Gasteiger partial charge in [-0.25, -0.2) is 4.39 Å². The Bertz CT molecular complexity index is 301. The first kappa shape index (κ1) is 9.93. The lowest BCUT2D eigenvalue weighted by atomic mass is 10.2. The van der Waals surface area contributed by atoms with Crippen molar-refractivity contribution in [1.82, 2.24) is 5.32 Å². The van der Waals surface area contributed by atoms with Gasteiger partial charge in [-0.3, -0.25) is 0 Å². The van der Waals surface area contributed by atoms with Gasteiger partial charge >= 0.3 is 0 Å². The van der Waals surface area contributed by atoms with Crippen LogP contribution in [0.2, 0.25) is 0 Å². The molecule has 76 valence electrons. The molecule has 14 heavy (non-hydrogen) atoms. The van der Waals surface area contributed by atoms with Crippen LogP contribution in [0, 0.1) is 5.82 Å². The van der Waals surface area contributed by atoms with Crippen molar-refractivity contribution >= 4 is 21.6 Å². The Morgan fingerprint density at radius 2 is 2.07 bits per heavy atom. The number of alkyl halides is 1. The van der Waals surface area contributed by atoms with E-state index in [1.165, 1.54) is 12.1 Å². The maximum Gasteiger partial charge on any atom is 0.123 e. The Kier molecular flexibility index (Phi) is 3.03. The summed E-state index contributed by atoms with van der Waals surface area (Å²) in [4.78, 5) is 2.55. The molecular formula is C10H12BrFN2. The molecule has 0 bridgehead atoms. The fourth-order valence-electron chi connectivity index (χ4n) is 1.59. The second-order valence-electron chi connectivity index (χ2n) is 3.34. The fourth-order valence-corrected chi connectivity index (χ4v) is 2.17. The molecule has 2 nitrogen and oxygen atoms in total. The van der Waals surface area contributed by atoms with Gasteiger partial charge < -0.3 is 10.2 Å². The second-order valence-corrected chi connectivity index (χ2v) is 4.45. The molecule has 1 fully saturated rings. The van der Waals surface area contributed by atoms with E-state index in [1.54, 1.807) is 0 Å². The van der Waals surface area contributed by atoms with Crippen LogP contribution < -0.4 is 10.2 Å². The van der Waals surface area contributed by atoms with Crippen molar-refractivity contribution in [3.05, 3.63) is 30.1 Å². The summed E-state index contributed by atoms with van der Waals surface area (Å²) < 4.78 is 12.7. The van der Waals surface area contributed by atoms with Gasteiger partial charge in [-0.15, -0.1) is 0 Å². The molecule has 4 heteroatoms. The molecule has 2 rings (SSSR count). The first-order valence-electron chi connectivity index (χ1n) is 4.64. The number of hydrogen-bond acceptors (Lipinski definition) is 2. The predicted molar refractivity (Wildman–Crippen MR) is 59.3 cm³/mol. The quantitative estimate of drug-likeness (QED) is 0.612. The number of hydrogen-bond donors (Lipinski definition) is 1. The summed E-state index contributed by atoms with van der Waals surface area (Å²) in [6.07, 6.45) is 0. The van der Waals surface area contributed by atoms with Crippen LogP contribution in [0.4, 0.5) is 10.1 Å². The Balaban J connectivity index is 2.10. The minimum Gasteiger partial charge on any atom is -0.368 e. The molecular weight excluding hydrogens is 247 g/mol. The standard InChI is InChI=1S/C10H12BrFN2/c11-10-7-14(6-5-13-10)9-3-1-8(12)2-4-9/h1-4,10,13H,5-7H2. The van der Waals surface area contributed by atoms with E-state index in [-0.39, 0.29) is 5.82 Å². The second kappa shape index (κ2) is 4.28. The molecule has 1 saturated heterocycles. The fraction of sp³-hybridized carbons (Fsp3) is 0.400. The Morgan fingerprint density at radius 3 is 2.71 bits per heavy atom. The van der Waals surface area contributed by atoms with Crippen LogP contribution in [0.3, 0.4) is 0 Å². The highest BCUT2D eigenvalue weighted by Gasteiger charge is 2.16. The first-order valence-corrected chi connectivity index (χ1v) is 5.55. The predicted octanol–water partition coefficient (Wildman–Crippen LogP) is 1.96. The lowest BCUT2D eigenvalue weighted by molar-refractivity contribution is 0.564. The summed E-state index contributed by atoms with van der Waals surface area (Å²) in [6.45, 7) is 2.83. The Labute approximate surface area is 91.2 Å². The van der Waals surface area contributed by atoms with Gasteiger partial charge in [0.05, 0.1) is 4.95 Å². The molecule has 1 atom stereocenters. The van der Waals surface area contributed by atoms with Gasteiger partial charge in [-0.1, -0.05) is 15.9 Å². The van der Waals surface area contributed by atoms with Crippen molar-refractivity contribution in [2.24, 2.45) is 0 Å². The summed E-state index contributed by atoms with van der Waals surface area (Å²) in [5, 5.41) is 3.29. The maximum atomic E-state index is 12.7. The number of nitrogens with one attached hydrogen (secondary N) is 1. The van der Waals surface area contributed by atoms with E-state index in [0.717, 1.165) is 25.3 Å². The third-order valence-corrected chi connectivity index (χ3v) is 2.93. The van der Waals surface area contributed by atoms with E-state index in [2.05, 4.69) is 26.1 Å². The maximum absolute atomic E-state index is 12.7. The third-order valence-electron chi connectivity index (χ3n) is 2.32. The largest absolute Gasteiger partial charge is 0.368 e. The van der Waals surface area contributed by atoms with Gasteiger partial charge in [0, 0.05) is 25.3 Å². The number of rotatable bonds is 1. The highest BCUT2D eigenvalue weighted by molar-refractivity contribution is 9.09. The molecule has 0 radical (unpaired) electrons. The molecule has 1 aliphatic heterocycles. The van der Waals surface area contributed by atoms with Crippen LogP contribution in [0.5, 0.6) is 0 Å². The molecule has 0 amide bonds. The topological polar surface area (TPSA) is 15.3 Å². The highest BCUT2D eigenvalue weighted by atomic mass is 79.9. The smallest absolute Gasteiger partial charge is 0.123 e. The van der Waals surface area contributed by atoms with E-state index in [4.69, 9.17) is 0 Å². The SMILES string of the molecule is Fc1ccc(N2CCNC(Br)C2)cc1. The van der Waals surface area contributed by atoms with Crippen molar-refractivity contribution in [3.8, 4) is 0 Å². The lowest BCUT2D eigenvalue weighted by Crippen LogP contribution is -2.47. The molecule has 1 unspecified atom stereocenters. The van der Waals surface area contributed by atoms with Crippen molar-refractivity contribution in [2.75, 3.05) is 24.5 Å². The van der Waals surface area contributed by atoms with Crippen LogP contribution in [0.15, 0.2) is 24.3 Å². The Morgan fingerprint density at radius 1 is 1.36 bits per heavy atom. The van der Waals surface area contributed by atoms with E-state index in [1.807, 2.05) is 12.1 Å². The van der Waals surface area contributed by atoms with E-state index >= 15 is 0 Å². The van der Waals surface area contributed by atoms with Gasteiger partial charge in [0.25, 0.3) is 0 Å². The first-order chi connectivity index (χ1) is 6.75. The minimum absolute atomic E-state index is 0.181. The van der Waals surface area contributed by atoms with Crippen molar-refractivity contribution in [3.63, 3.8) is 0 Å². The zero-order valence-corrected chi connectivity index (χ0v) is 9.30. The number of halogens is 2. The molecule has 1 aromatic rings. The van der Waals surface area contributed by atoms with Gasteiger partial charge in [-0.05, 0) is 24.3 Å². The van der Waals surface area contributed by atoms with Gasteiger partial charge in [0.15, 0.2) is 0 Å². The average molecular weight is 259 g/mol. The van der Waals surface area contributed by atoms with Crippen molar-refractivity contribution < 1.29 is 4.39 Å². The summed E-state index contributed by atoms with van der Waals surface area (Å²) in [7, 11) is 0. The zero-order chi connectivity index (χ0) is 9.97. The van der Waals surface area contributed by atoms with Gasteiger partial charge in [0.1, 0.15) is 5.82 Å². The van der Waals surface area contributed by atoms with Crippen molar-refractivity contribution in [1.29, 1.82) is 0 Å². The molecule has 0 aliphatic carbocycles. The molecule has 1 aromatic carbocycles. The lowest BCUT2D eigenvalue weighted by Gasteiger charge is -2.32. The number of anilines is 1. The summed E-state index contributed by atoms with van der Waals surface area (Å²) >= 11 is 3.51. The van der Waals surface area contributed by atoms with Crippen LogP contribution >= 0.6 is 15.9 Å². The Hall–Kier alpha value is -0.610. The van der Waals surface area contributed by atoms with Crippen LogP contribution in [0.1, 0.15) is 0 Å². The summed E-state index contributed by atoms with van der Waals surface area (Å²) in [5.74, 6) is -0.181. The molecule has 0 spiro atoms. The van der Waals surface area contributed by atoms with Crippen LogP contribution in [-0.2, 0) is 0 Å². The molecule has 1 aliphatic rings. The van der Waals surface area contributed by atoms with Gasteiger partial charge in [0.2, 0.25) is 0 Å². The minimum atomic E-state index is -0.181. The van der Waals surface area contributed by atoms with Crippen LogP contribution in [-0.4, -0.2) is 24.6 Å². The molecule has 1 heterocycles. The highest BCUT2D eigenvalue weighted by Crippen LogP contribution is 2.17. The average Bonchev–Trinajstić information content (AvgIpc) is 2.19. The monoisotopic (exact) mass is 258 g/mol.